The fourth-order valence-electron chi connectivity index (χ4n) is 3.78. The number of carbonyl (C=O) groups excluding carboxylic acids is 2. The van der Waals surface area contributed by atoms with Gasteiger partial charge in [-0.3, -0.25) is 9.59 Å². The number of aliphatic hydroxyl groups excluding tert-OH is 1. The monoisotopic (exact) mass is 492 g/mol. The summed E-state index contributed by atoms with van der Waals surface area (Å²) in [5, 5.41) is 25.0. The van der Waals surface area contributed by atoms with Gasteiger partial charge in [0, 0.05) is 25.3 Å². The third kappa shape index (κ3) is 7.45. The summed E-state index contributed by atoms with van der Waals surface area (Å²) in [6, 6.07) is 14.5. The summed E-state index contributed by atoms with van der Waals surface area (Å²) in [5.74, 6) is 0.279. The average Bonchev–Trinajstić information content (AvgIpc) is 3.31. The normalized spacial score (nSPS) is 11.9. The number of hydrogen-bond acceptors (Lipinski definition) is 6. The van der Waals surface area contributed by atoms with Crippen LogP contribution >= 0.6 is 0 Å². The van der Waals surface area contributed by atoms with Crippen molar-refractivity contribution in [3.05, 3.63) is 65.2 Å². The highest BCUT2D eigenvalue weighted by atomic mass is 16.3. The molecule has 192 valence electrons. The van der Waals surface area contributed by atoms with Crippen LogP contribution in [0.4, 0.5) is 0 Å². The maximum Gasteiger partial charge on any atom is 0.247 e. The third-order valence-corrected chi connectivity index (χ3v) is 5.89. The van der Waals surface area contributed by atoms with Crippen LogP contribution in [0.5, 0.6) is 0 Å². The van der Waals surface area contributed by atoms with E-state index in [2.05, 4.69) is 34.6 Å². The van der Waals surface area contributed by atoms with E-state index < -0.39 is 6.04 Å². The smallest absolute Gasteiger partial charge is 0.247 e. The molecule has 2 amide bonds. The van der Waals surface area contributed by atoms with E-state index in [0.717, 1.165) is 23.1 Å². The molecule has 0 radical (unpaired) electrons. The molecule has 9 nitrogen and oxygen atoms in total. The van der Waals surface area contributed by atoms with E-state index in [9.17, 15) is 14.7 Å². The quantitative estimate of drug-likeness (QED) is 0.402. The van der Waals surface area contributed by atoms with E-state index in [4.69, 9.17) is 0 Å². The van der Waals surface area contributed by atoms with E-state index in [0.29, 0.717) is 30.3 Å². The number of carbonyl (C=O) groups is 2. The number of hydrogen-bond donors (Lipinski definition) is 2. The van der Waals surface area contributed by atoms with Gasteiger partial charge < -0.3 is 15.3 Å². The molecule has 1 aromatic heterocycles. The fourth-order valence-corrected chi connectivity index (χ4v) is 3.78. The molecule has 9 heteroatoms. The Hall–Kier alpha value is -3.59. The predicted molar refractivity (Wildman–Crippen MR) is 138 cm³/mol. The van der Waals surface area contributed by atoms with Gasteiger partial charge in [-0.2, -0.15) is 4.80 Å². The van der Waals surface area contributed by atoms with Crippen molar-refractivity contribution >= 4 is 11.8 Å². The van der Waals surface area contributed by atoms with Gasteiger partial charge in [0.1, 0.15) is 12.6 Å². The molecule has 0 aliphatic heterocycles. The number of tetrazole rings is 1. The highest BCUT2D eigenvalue weighted by molar-refractivity contribution is 5.88. The second kappa shape index (κ2) is 12.9. The molecule has 0 bridgehead atoms. The Balaban J connectivity index is 1.85. The standard InChI is InChI=1S/C27H36N6O3/c1-19(2)14-15-28-27(36)25(22-10-6-20(3)7-11-22)32(16-5-17-34)24(35)18-33-30-26(29-31-33)23-12-8-21(4)9-13-23/h6-13,19,25,34H,5,14-18H2,1-4H3,(H,28,36). The van der Waals surface area contributed by atoms with Crippen molar-refractivity contribution in [1.29, 1.82) is 0 Å². The molecular formula is C27H36N6O3. The van der Waals surface area contributed by atoms with Crippen molar-refractivity contribution in [2.24, 2.45) is 5.92 Å². The van der Waals surface area contributed by atoms with E-state index in [1.54, 1.807) is 0 Å². The molecule has 0 aliphatic rings. The first kappa shape index (κ1) is 27.0. The van der Waals surface area contributed by atoms with Gasteiger partial charge in [0.05, 0.1) is 0 Å². The zero-order chi connectivity index (χ0) is 26.1. The van der Waals surface area contributed by atoms with Crippen LogP contribution in [0.15, 0.2) is 48.5 Å². The summed E-state index contributed by atoms with van der Waals surface area (Å²) in [7, 11) is 0. The lowest BCUT2D eigenvalue weighted by molar-refractivity contribution is -0.142. The molecule has 0 spiro atoms. The van der Waals surface area contributed by atoms with Crippen molar-refractivity contribution < 1.29 is 14.7 Å². The fraction of sp³-hybridized carbons (Fsp3) is 0.444. The highest BCUT2D eigenvalue weighted by Crippen LogP contribution is 2.23. The van der Waals surface area contributed by atoms with Crippen LogP contribution in [-0.2, 0) is 16.1 Å². The van der Waals surface area contributed by atoms with Gasteiger partial charge in [-0.05, 0) is 43.4 Å². The second-order valence-electron chi connectivity index (χ2n) is 9.46. The van der Waals surface area contributed by atoms with Gasteiger partial charge in [-0.1, -0.05) is 73.5 Å². The maximum atomic E-state index is 13.5. The molecule has 2 N–H and O–H groups in total. The molecule has 0 aliphatic carbocycles. The number of nitrogens with one attached hydrogen (secondary N) is 1. The minimum absolute atomic E-state index is 0.0987. The summed E-state index contributed by atoms with van der Waals surface area (Å²) < 4.78 is 0. The lowest BCUT2D eigenvalue weighted by Crippen LogP contribution is -2.46. The van der Waals surface area contributed by atoms with Crippen molar-refractivity contribution in [2.45, 2.75) is 53.1 Å². The Kier molecular flexibility index (Phi) is 9.69. The van der Waals surface area contributed by atoms with Crippen LogP contribution in [0.2, 0.25) is 0 Å². The van der Waals surface area contributed by atoms with Gasteiger partial charge >= 0.3 is 0 Å². The van der Waals surface area contributed by atoms with Crippen LogP contribution in [0, 0.1) is 19.8 Å². The summed E-state index contributed by atoms with van der Waals surface area (Å²) >= 11 is 0. The first-order chi connectivity index (χ1) is 17.3. The van der Waals surface area contributed by atoms with Crippen LogP contribution < -0.4 is 5.32 Å². The SMILES string of the molecule is Cc1ccc(-c2nnn(CC(=O)N(CCCO)C(C(=O)NCCC(C)C)c3ccc(C)cc3)n2)cc1. The highest BCUT2D eigenvalue weighted by Gasteiger charge is 2.31. The maximum absolute atomic E-state index is 13.5. The number of aryl methyl sites for hydroxylation is 2. The largest absolute Gasteiger partial charge is 0.396 e. The minimum Gasteiger partial charge on any atom is -0.396 e. The molecule has 1 atom stereocenters. The van der Waals surface area contributed by atoms with Gasteiger partial charge in [0.2, 0.25) is 17.6 Å². The molecule has 2 aromatic carbocycles. The van der Waals surface area contributed by atoms with Crippen LogP contribution in [0.3, 0.4) is 0 Å². The molecule has 1 heterocycles. The van der Waals surface area contributed by atoms with Crippen LogP contribution in [-0.4, -0.2) is 61.7 Å². The molecule has 3 aromatic rings. The molecule has 3 rings (SSSR count). The van der Waals surface area contributed by atoms with Crippen molar-refractivity contribution in [3.8, 4) is 11.4 Å². The molecule has 1 unspecified atom stereocenters. The van der Waals surface area contributed by atoms with Gasteiger partial charge in [-0.25, -0.2) is 0 Å². The number of aliphatic hydroxyl groups is 1. The minimum atomic E-state index is -0.836. The Labute approximate surface area is 212 Å². The lowest BCUT2D eigenvalue weighted by atomic mass is 10.0. The molecular weight excluding hydrogens is 456 g/mol. The number of rotatable bonds is 12. The van der Waals surface area contributed by atoms with E-state index in [1.807, 2.05) is 62.4 Å². The third-order valence-electron chi connectivity index (χ3n) is 5.89. The van der Waals surface area contributed by atoms with Crippen molar-refractivity contribution in [2.75, 3.05) is 19.7 Å². The second-order valence-corrected chi connectivity index (χ2v) is 9.46. The molecule has 0 fully saturated rings. The van der Waals surface area contributed by atoms with Crippen LogP contribution in [0.1, 0.15) is 49.4 Å². The van der Waals surface area contributed by atoms with Crippen molar-refractivity contribution in [3.63, 3.8) is 0 Å². The number of amides is 2. The summed E-state index contributed by atoms with van der Waals surface area (Å²) in [6.45, 7) is 8.61. The van der Waals surface area contributed by atoms with Gasteiger partial charge in [0.15, 0.2) is 0 Å². The lowest BCUT2D eigenvalue weighted by Gasteiger charge is -2.31. The summed E-state index contributed by atoms with van der Waals surface area (Å²) in [6.07, 6.45) is 1.17. The van der Waals surface area contributed by atoms with Crippen LogP contribution in [0.25, 0.3) is 11.4 Å². The van der Waals surface area contributed by atoms with E-state index in [-0.39, 0.29) is 31.5 Å². The average molecular weight is 493 g/mol. The molecule has 36 heavy (non-hydrogen) atoms. The molecule has 0 saturated heterocycles. The van der Waals surface area contributed by atoms with Gasteiger partial charge in [-0.15, -0.1) is 10.2 Å². The Morgan fingerprint density at radius 1 is 1.03 bits per heavy atom. The zero-order valence-electron chi connectivity index (χ0n) is 21.5. The van der Waals surface area contributed by atoms with Gasteiger partial charge in [0.25, 0.3) is 0 Å². The number of aromatic nitrogens is 4. The predicted octanol–water partition coefficient (Wildman–Crippen LogP) is 3.07. The first-order valence-corrected chi connectivity index (χ1v) is 12.4. The van der Waals surface area contributed by atoms with Crippen molar-refractivity contribution in [1.82, 2.24) is 30.4 Å². The Morgan fingerprint density at radius 2 is 1.67 bits per heavy atom. The van der Waals surface area contributed by atoms with E-state index in [1.165, 1.54) is 9.70 Å². The number of benzene rings is 2. The Morgan fingerprint density at radius 3 is 2.28 bits per heavy atom. The Bertz CT molecular complexity index is 1130. The molecule has 0 saturated carbocycles. The topological polar surface area (TPSA) is 113 Å². The zero-order valence-corrected chi connectivity index (χ0v) is 21.5. The van der Waals surface area contributed by atoms with E-state index >= 15 is 0 Å². The first-order valence-electron chi connectivity index (χ1n) is 12.4. The summed E-state index contributed by atoms with van der Waals surface area (Å²) in [4.78, 5) is 29.6. The number of nitrogens with zero attached hydrogens (tertiary/aromatic N) is 5. The summed E-state index contributed by atoms with van der Waals surface area (Å²) in [5.41, 5.74) is 3.69.